The van der Waals surface area contributed by atoms with Crippen LogP contribution in [-0.4, -0.2) is 52.0 Å². The SMILES string of the molecule is CCNc1nc(Sc2nnc(SC)s2)nc(N(C)C)n1. The van der Waals surface area contributed by atoms with Gasteiger partial charge in [-0.05, 0) is 24.9 Å². The van der Waals surface area contributed by atoms with E-state index in [2.05, 4.69) is 30.5 Å². The summed E-state index contributed by atoms with van der Waals surface area (Å²) in [7, 11) is 3.80. The van der Waals surface area contributed by atoms with E-state index in [0.29, 0.717) is 17.1 Å². The molecule has 0 unspecified atom stereocenters. The zero-order valence-electron chi connectivity index (χ0n) is 11.6. The van der Waals surface area contributed by atoms with E-state index in [9.17, 15) is 0 Å². The smallest absolute Gasteiger partial charge is 0.230 e. The van der Waals surface area contributed by atoms with Crippen molar-refractivity contribution in [3.63, 3.8) is 0 Å². The Morgan fingerprint density at radius 1 is 1.15 bits per heavy atom. The van der Waals surface area contributed by atoms with Gasteiger partial charge in [0.25, 0.3) is 0 Å². The highest BCUT2D eigenvalue weighted by Gasteiger charge is 2.12. The Balaban J connectivity index is 2.25. The zero-order chi connectivity index (χ0) is 14.5. The summed E-state index contributed by atoms with van der Waals surface area (Å²) in [5.74, 6) is 1.19. The molecule has 20 heavy (non-hydrogen) atoms. The third kappa shape index (κ3) is 3.93. The predicted molar refractivity (Wildman–Crippen MR) is 84.1 cm³/mol. The van der Waals surface area contributed by atoms with E-state index >= 15 is 0 Å². The molecule has 0 aliphatic carbocycles. The number of anilines is 2. The molecule has 0 saturated carbocycles. The van der Waals surface area contributed by atoms with Crippen LogP contribution in [0, 0.1) is 0 Å². The number of hydrogen-bond donors (Lipinski definition) is 1. The minimum absolute atomic E-state index is 0.573. The molecule has 2 heterocycles. The lowest BCUT2D eigenvalue weighted by Crippen LogP contribution is -2.15. The first-order chi connectivity index (χ1) is 9.62. The number of aromatic nitrogens is 5. The average Bonchev–Trinajstić information content (AvgIpc) is 2.86. The van der Waals surface area contributed by atoms with Crippen molar-refractivity contribution in [1.82, 2.24) is 25.1 Å². The van der Waals surface area contributed by atoms with Gasteiger partial charge in [0.15, 0.2) is 8.68 Å². The molecule has 108 valence electrons. The van der Waals surface area contributed by atoms with E-state index in [-0.39, 0.29) is 0 Å². The standard InChI is InChI=1S/C10H15N7S3/c1-5-11-6-12-7(17(2)3)14-8(13-6)19-10-16-15-9(18-4)20-10/h5H2,1-4H3,(H,11,12,13,14). The Kier molecular flexibility index (Phi) is 5.38. The van der Waals surface area contributed by atoms with Gasteiger partial charge in [0, 0.05) is 20.6 Å². The molecule has 0 bridgehead atoms. The van der Waals surface area contributed by atoms with Gasteiger partial charge in [-0.25, -0.2) is 0 Å². The van der Waals surface area contributed by atoms with Crippen molar-refractivity contribution in [2.45, 2.75) is 20.8 Å². The summed E-state index contributed by atoms with van der Waals surface area (Å²) in [6.07, 6.45) is 1.98. The minimum atomic E-state index is 0.573. The lowest BCUT2D eigenvalue weighted by atomic mass is 10.7. The van der Waals surface area contributed by atoms with Crippen molar-refractivity contribution in [3.8, 4) is 0 Å². The highest BCUT2D eigenvalue weighted by Crippen LogP contribution is 2.31. The molecule has 1 N–H and O–H groups in total. The number of nitrogens with one attached hydrogen (secondary N) is 1. The molecule has 0 spiro atoms. The second kappa shape index (κ2) is 7.04. The van der Waals surface area contributed by atoms with Crippen LogP contribution in [0.5, 0.6) is 0 Å². The molecule has 0 aliphatic heterocycles. The summed E-state index contributed by atoms with van der Waals surface area (Å²) in [5.41, 5.74) is 0. The van der Waals surface area contributed by atoms with Gasteiger partial charge in [-0.3, -0.25) is 0 Å². The van der Waals surface area contributed by atoms with Gasteiger partial charge in [0.05, 0.1) is 0 Å². The van der Waals surface area contributed by atoms with Crippen molar-refractivity contribution in [3.05, 3.63) is 0 Å². The third-order valence-corrected chi connectivity index (χ3v) is 4.89. The molecule has 10 heteroatoms. The van der Waals surface area contributed by atoms with E-state index in [0.717, 1.165) is 15.2 Å². The largest absolute Gasteiger partial charge is 0.354 e. The normalized spacial score (nSPS) is 10.6. The Morgan fingerprint density at radius 2 is 1.90 bits per heavy atom. The van der Waals surface area contributed by atoms with Gasteiger partial charge in [-0.15, -0.1) is 10.2 Å². The quantitative estimate of drug-likeness (QED) is 0.801. The van der Waals surface area contributed by atoms with Crippen LogP contribution in [0.2, 0.25) is 0 Å². The van der Waals surface area contributed by atoms with Crippen molar-refractivity contribution in [1.29, 1.82) is 0 Å². The van der Waals surface area contributed by atoms with E-state index in [1.165, 1.54) is 23.1 Å². The fourth-order valence-corrected chi connectivity index (χ4v) is 3.52. The average molecular weight is 329 g/mol. The molecule has 2 aromatic heterocycles. The summed E-state index contributed by atoms with van der Waals surface area (Å²) < 4.78 is 1.76. The summed E-state index contributed by atoms with van der Waals surface area (Å²) in [5, 5.41) is 11.9. The first-order valence-electron chi connectivity index (χ1n) is 5.85. The highest BCUT2D eigenvalue weighted by atomic mass is 32.2. The number of rotatable bonds is 6. The van der Waals surface area contributed by atoms with Gasteiger partial charge in [-0.2, -0.15) is 15.0 Å². The Bertz CT molecular complexity index is 572. The van der Waals surface area contributed by atoms with Gasteiger partial charge in [0.1, 0.15) is 0 Å². The van der Waals surface area contributed by atoms with Crippen LogP contribution in [0.4, 0.5) is 11.9 Å². The third-order valence-electron chi connectivity index (χ3n) is 2.08. The summed E-state index contributed by atoms with van der Waals surface area (Å²) in [6.45, 7) is 2.76. The van der Waals surface area contributed by atoms with E-state index in [1.807, 2.05) is 32.2 Å². The molecule has 0 saturated heterocycles. The molecule has 7 nitrogen and oxygen atoms in total. The summed E-state index contributed by atoms with van der Waals surface area (Å²) in [4.78, 5) is 15.0. The number of nitrogens with zero attached hydrogens (tertiary/aromatic N) is 6. The van der Waals surface area contributed by atoms with Gasteiger partial charge >= 0.3 is 0 Å². The maximum Gasteiger partial charge on any atom is 0.230 e. The van der Waals surface area contributed by atoms with Crippen LogP contribution < -0.4 is 10.2 Å². The Morgan fingerprint density at radius 3 is 2.50 bits per heavy atom. The molecule has 0 aliphatic rings. The van der Waals surface area contributed by atoms with Crippen LogP contribution >= 0.6 is 34.9 Å². The molecular formula is C10H15N7S3. The number of hydrogen-bond acceptors (Lipinski definition) is 10. The minimum Gasteiger partial charge on any atom is -0.354 e. The van der Waals surface area contributed by atoms with Crippen molar-refractivity contribution >= 4 is 46.8 Å². The monoisotopic (exact) mass is 329 g/mol. The van der Waals surface area contributed by atoms with E-state index < -0.39 is 0 Å². The molecule has 2 aromatic rings. The van der Waals surface area contributed by atoms with Crippen LogP contribution in [0.1, 0.15) is 6.92 Å². The van der Waals surface area contributed by atoms with Crippen LogP contribution in [0.25, 0.3) is 0 Å². The van der Waals surface area contributed by atoms with Gasteiger partial charge in [-0.1, -0.05) is 23.1 Å². The molecule has 0 fully saturated rings. The molecule has 0 atom stereocenters. The van der Waals surface area contributed by atoms with Crippen LogP contribution in [0.3, 0.4) is 0 Å². The first kappa shape index (κ1) is 15.3. The Hall–Kier alpha value is -1.13. The molecule has 2 rings (SSSR count). The fourth-order valence-electron chi connectivity index (χ4n) is 1.23. The van der Waals surface area contributed by atoms with E-state index in [4.69, 9.17) is 0 Å². The summed E-state index contributed by atoms with van der Waals surface area (Å²) >= 11 is 4.51. The van der Waals surface area contributed by atoms with Crippen molar-refractivity contribution < 1.29 is 0 Å². The van der Waals surface area contributed by atoms with E-state index in [1.54, 1.807) is 11.8 Å². The molecule has 0 radical (unpaired) electrons. The van der Waals surface area contributed by atoms with Crippen LogP contribution in [0.15, 0.2) is 13.8 Å². The highest BCUT2D eigenvalue weighted by molar-refractivity contribution is 8.02. The lowest BCUT2D eigenvalue weighted by Gasteiger charge is -2.12. The Labute approximate surface area is 130 Å². The maximum absolute atomic E-state index is 4.40. The van der Waals surface area contributed by atoms with Gasteiger partial charge in [0.2, 0.25) is 17.1 Å². The molecular weight excluding hydrogens is 314 g/mol. The zero-order valence-corrected chi connectivity index (χ0v) is 14.1. The second-order valence-electron chi connectivity index (χ2n) is 3.81. The first-order valence-corrected chi connectivity index (χ1v) is 8.70. The topological polar surface area (TPSA) is 79.7 Å². The molecule has 0 amide bonds. The molecule has 0 aromatic carbocycles. The van der Waals surface area contributed by atoms with Crippen LogP contribution in [-0.2, 0) is 0 Å². The summed E-state index contributed by atoms with van der Waals surface area (Å²) in [6, 6.07) is 0. The predicted octanol–water partition coefficient (Wildman–Crippen LogP) is 2.09. The second-order valence-corrected chi connectivity index (χ2v) is 7.05. The fraction of sp³-hybridized carbons (Fsp3) is 0.500. The van der Waals surface area contributed by atoms with Crippen molar-refractivity contribution in [2.75, 3.05) is 37.1 Å². The van der Waals surface area contributed by atoms with Crippen molar-refractivity contribution in [2.24, 2.45) is 0 Å². The maximum atomic E-state index is 4.40. The van der Waals surface area contributed by atoms with Gasteiger partial charge < -0.3 is 10.2 Å². The number of thioether (sulfide) groups is 1. The lowest BCUT2D eigenvalue weighted by molar-refractivity contribution is 0.861.